The molecule has 2 N–H and O–H groups in total. The minimum absolute atomic E-state index is 0.189. The van der Waals surface area contributed by atoms with Crippen molar-refractivity contribution in [3.8, 4) is 0 Å². The van der Waals surface area contributed by atoms with Crippen molar-refractivity contribution >= 4 is 11.8 Å². The molecule has 0 aromatic carbocycles. The Morgan fingerprint density at radius 1 is 1.31 bits per heavy atom. The Kier molecular flexibility index (Phi) is 5.25. The summed E-state index contributed by atoms with van der Waals surface area (Å²) in [4.78, 5) is 5.49. The van der Waals surface area contributed by atoms with Crippen molar-refractivity contribution in [1.82, 2.24) is 10.3 Å². The fraction of sp³-hybridized carbons (Fsp3) is 0.583. The summed E-state index contributed by atoms with van der Waals surface area (Å²) in [6, 6.07) is 4.35. The van der Waals surface area contributed by atoms with Gasteiger partial charge in [-0.1, -0.05) is 6.92 Å². The largest absolute Gasteiger partial charge is 0.392 e. The third-order valence-electron chi connectivity index (χ3n) is 2.64. The zero-order valence-electron chi connectivity index (χ0n) is 10.3. The lowest BCUT2D eigenvalue weighted by molar-refractivity contribution is 0.196. The van der Waals surface area contributed by atoms with E-state index in [2.05, 4.69) is 23.3 Å². The highest BCUT2D eigenvalue weighted by molar-refractivity contribution is 8.00. The average molecular weight is 240 g/mol. The molecule has 1 rings (SSSR count). The summed E-state index contributed by atoms with van der Waals surface area (Å²) in [6.45, 7) is 5.90. The summed E-state index contributed by atoms with van der Waals surface area (Å²) < 4.78 is 0. The van der Waals surface area contributed by atoms with Crippen LogP contribution in [0.5, 0.6) is 0 Å². The standard InChI is InChI=1S/C12H20N2OS/c1-8(13-4)12-6-5-11(7-14-12)16-10(3)9(2)15/h5-10,13,15H,1-4H3. The Morgan fingerprint density at radius 2 is 2.00 bits per heavy atom. The molecule has 4 heteroatoms. The highest BCUT2D eigenvalue weighted by Gasteiger charge is 2.11. The van der Waals surface area contributed by atoms with Crippen molar-refractivity contribution in [1.29, 1.82) is 0 Å². The highest BCUT2D eigenvalue weighted by atomic mass is 32.2. The minimum Gasteiger partial charge on any atom is -0.392 e. The summed E-state index contributed by atoms with van der Waals surface area (Å²) in [6.07, 6.45) is 1.56. The first kappa shape index (κ1) is 13.5. The molecule has 3 unspecified atom stereocenters. The molecule has 1 aromatic heterocycles. The molecule has 1 aromatic rings. The number of hydrogen-bond donors (Lipinski definition) is 2. The third-order valence-corrected chi connectivity index (χ3v) is 3.92. The van der Waals surface area contributed by atoms with Crippen molar-refractivity contribution in [3.05, 3.63) is 24.0 Å². The number of pyridine rings is 1. The van der Waals surface area contributed by atoms with Crippen LogP contribution >= 0.6 is 11.8 Å². The molecule has 0 bridgehead atoms. The summed E-state index contributed by atoms with van der Waals surface area (Å²) >= 11 is 1.65. The van der Waals surface area contributed by atoms with Gasteiger partial charge in [0.1, 0.15) is 0 Å². The van der Waals surface area contributed by atoms with E-state index in [4.69, 9.17) is 0 Å². The van der Waals surface area contributed by atoms with Gasteiger partial charge < -0.3 is 10.4 Å². The Bertz CT molecular complexity index is 313. The van der Waals surface area contributed by atoms with Crippen LogP contribution in [0.4, 0.5) is 0 Å². The average Bonchev–Trinajstić information content (AvgIpc) is 2.28. The maximum absolute atomic E-state index is 9.41. The van der Waals surface area contributed by atoms with E-state index in [1.807, 2.05) is 33.2 Å². The molecule has 0 aliphatic heterocycles. The molecule has 0 amide bonds. The van der Waals surface area contributed by atoms with E-state index >= 15 is 0 Å². The number of thioether (sulfide) groups is 1. The van der Waals surface area contributed by atoms with E-state index < -0.39 is 0 Å². The normalized spacial score (nSPS) is 16.8. The van der Waals surface area contributed by atoms with Crippen LogP contribution in [-0.4, -0.2) is 28.5 Å². The molecular formula is C12H20N2OS. The van der Waals surface area contributed by atoms with E-state index in [1.54, 1.807) is 11.8 Å². The van der Waals surface area contributed by atoms with E-state index in [-0.39, 0.29) is 17.4 Å². The quantitative estimate of drug-likeness (QED) is 0.775. The van der Waals surface area contributed by atoms with Gasteiger partial charge in [-0.25, -0.2) is 0 Å². The highest BCUT2D eigenvalue weighted by Crippen LogP contribution is 2.25. The number of hydrogen-bond acceptors (Lipinski definition) is 4. The number of rotatable bonds is 5. The molecule has 0 aliphatic carbocycles. The molecule has 0 aliphatic rings. The Labute approximate surface area is 102 Å². The minimum atomic E-state index is -0.305. The molecule has 0 fully saturated rings. The first-order valence-corrected chi connectivity index (χ1v) is 6.40. The molecule has 90 valence electrons. The SMILES string of the molecule is CNC(C)c1ccc(SC(C)C(C)O)cn1. The molecule has 0 saturated heterocycles. The lowest BCUT2D eigenvalue weighted by atomic mass is 10.2. The van der Waals surface area contributed by atoms with Crippen LogP contribution in [-0.2, 0) is 0 Å². The monoisotopic (exact) mass is 240 g/mol. The molecule has 1 heterocycles. The van der Waals surface area contributed by atoms with E-state index in [9.17, 15) is 5.11 Å². The van der Waals surface area contributed by atoms with Gasteiger partial charge >= 0.3 is 0 Å². The van der Waals surface area contributed by atoms with Crippen LogP contribution in [0.15, 0.2) is 23.2 Å². The van der Waals surface area contributed by atoms with Crippen LogP contribution in [0.1, 0.15) is 32.5 Å². The molecule has 0 spiro atoms. The molecule has 3 nitrogen and oxygen atoms in total. The number of aliphatic hydroxyl groups excluding tert-OH is 1. The fourth-order valence-electron chi connectivity index (χ4n) is 1.18. The van der Waals surface area contributed by atoms with E-state index in [0.717, 1.165) is 10.6 Å². The van der Waals surface area contributed by atoms with Crippen LogP contribution in [0.25, 0.3) is 0 Å². The van der Waals surface area contributed by atoms with Crippen molar-refractivity contribution < 1.29 is 5.11 Å². The van der Waals surface area contributed by atoms with Crippen molar-refractivity contribution in [3.63, 3.8) is 0 Å². The maximum Gasteiger partial charge on any atom is 0.0631 e. The Morgan fingerprint density at radius 3 is 2.44 bits per heavy atom. The van der Waals surface area contributed by atoms with Crippen molar-refractivity contribution in [2.24, 2.45) is 0 Å². The predicted molar refractivity (Wildman–Crippen MR) is 68.7 cm³/mol. The molecule has 0 saturated carbocycles. The van der Waals surface area contributed by atoms with E-state index in [1.165, 1.54) is 0 Å². The second-order valence-electron chi connectivity index (χ2n) is 3.99. The second kappa shape index (κ2) is 6.23. The predicted octanol–water partition coefficient (Wildman–Crippen LogP) is 2.22. The van der Waals surface area contributed by atoms with Gasteiger partial charge in [0.15, 0.2) is 0 Å². The maximum atomic E-state index is 9.41. The molecule has 16 heavy (non-hydrogen) atoms. The Balaban J connectivity index is 2.64. The van der Waals surface area contributed by atoms with Gasteiger partial charge in [0.2, 0.25) is 0 Å². The first-order chi connectivity index (χ1) is 7.54. The van der Waals surface area contributed by atoms with Gasteiger partial charge in [-0.3, -0.25) is 4.98 Å². The number of nitrogens with one attached hydrogen (secondary N) is 1. The number of aromatic nitrogens is 1. The van der Waals surface area contributed by atoms with Crippen molar-refractivity contribution in [2.45, 2.75) is 43.1 Å². The second-order valence-corrected chi connectivity index (χ2v) is 5.44. The lowest BCUT2D eigenvalue weighted by Crippen LogP contribution is -2.15. The van der Waals surface area contributed by atoms with Gasteiger partial charge in [-0.2, -0.15) is 0 Å². The van der Waals surface area contributed by atoms with Crippen LogP contribution in [0, 0.1) is 0 Å². The van der Waals surface area contributed by atoms with Gasteiger partial charge in [-0.15, -0.1) is 11.8 Å². The first-order valence-electron chi connectivity index (χ1n) is 5.52. The Hall–Kier alpha value is -0.580. The number of aliphatic hydroxyl groups is 1. The molecular weight excluding hydrogens is 220 g/mol. The van der Waals surface area contributed by atoms with Gasteiger partial charge in [0, 0.05) is 22.4 Å². The fourth-order valence-corrected chi connectivity index (χ4v) is 2.07. The smallest absolute Gasteiger partial charge is 0.0631 e. The zero-order valence-corrected chi connectivity index (χ0v) is 11.1. The lowest BCUT2D eigenvalue weighted by Gasteiger charge is -2.14. The van der Waals surface area contributed by atoms with Crippen molar-refractivity contribution in [2.75, 3.05) is 7.05 Å². The summed E-state index contributed by atoms with van der Waals surface area (Å²) in [5.74, 6) is 0. The number of nitrogens with zero attached hydrogens (tertiary/aromatic N) is 1. The summed E-state index contributed by atoms with van der Waals surface area (Å²) in [5, 5.41) is 12.8. The summed E-state index contributed by atoms with van der Waals surface area (Å²) in [7, 11) is 1.92. The third kappa shape index (κ3) is 3.77. The molecule has 0 radical (unpaired) electrons. The van der Waals surface area contributed by atoms with Crippen LogP contribution in [0.3, 0.4) is 0 Å². The van der Waals surface area contributed by atoms with Gasteiger partial charge in [0.05, 0.1) is 11.8 Å². The summed E-state index contributed by atoms with van der Waals surface area (Å²) in [5.41, 5.74) is 1.04. The van der Waals surface area contributed by atoms with Gasteiger partial charge in [0.25, 0.3) is 0 Å². The van der Waals surface area contributed by atoms with E-state index in [0.29, 0.717) is 0 Å². The topological polar surface area (TPSA) is 45.1 Å². The van der Waals surface area contributed by atoms with Gasteiger partial charge in [-0.05, 0) is 33.0 Å². The van der Waals surface area contributed by atoms with Crippen LogP contribution in [0.2, 0.25) is 0 Å². The molecule has 3 atom stereocenters. The van der Waals surface area contributed by atoms with Crippen LogP contribution < -0.4 is 5.32 Å². The zero-order chi connectivity index (χ0) is 12.1.